The second-order valence-corrected chi connectivity index (χ2v) is 6.07. The molecule has 108 valence electrons. The molecule has 22 heavy (non-hydrogen) atoms. The summed E-state index contributed by atoms with van der Waals surface area (Å²) in [6, 6.07) is 18.7. The van der Waals surface area contributed by atoms with Crippen LogP contribution >= 0.6 is 27.5 Å². The standard InChI is InChI=1S/C18H11BrClNO/c19-14-7-8-16(20)15(10-14)18(22)13-6-9-17(21-11-13)12-4-2-1-3-5-12/h1-11H. The number of carbonyl (C=O) groups excluding carboxylic acids is 1. The van der Waals surface area contributed by atoms with Gasteiger partial charge < -0.3 is 0 Å². The molecule has 1 heterocycles. The van der Waals surface area contributed by atoms with Gasteiger partial charge in [-0.15, -0.1) is 0 Å². The fourth-order valence-corrected chi connectivity index (χ4v) is 2.70. The van der Waals surface area contributed by atoms with Gasteiger partial charge in [-0.2, -0.15) is 0 Å². The molecule has 0 saturated carbocycles. The quantitative estimate of drug-likeness (QED) is 0.577. The molecule has 0 radical (unpaired) electrons. The lowest BCUT2D eigenvalue weighted by Crippen LogP contribution is -2.03. The van der Waals surface area contributed by atoms with Crippen LogP contribution in [0.3, 0.4) is 0 Å². The molecule has 2 nitrogen and oxygen atoms in total. The van der Waals surface area contributed by atoms with E-state index in [9.17, 15) is 4.79 Å². The zero-order chi connectivity index (χ0) is 15.5. The van der Waals surface area contributed by atoms with Crippen molar-refractivity contribution in [1.82, 2.24) is 4.98 Å². The lowest BCUT2D eigenvalue weighted by atomic mass is 10.0. The lowest BCUT2D eigenvalue weighted by molar-refractivity contribution is 0.103. The van der Waals surface area contributed by atoms with Crippen LogP contribution in [0.4, 0.5) is 0 Å². The Morgan fingerprint density at radius 3 is 2.45 bits per heavy atom. The predicted molar refractivity (Wildman–Crippen MR) is 92.3 cm³/mol. The maximum atomic E-state index is 12.5. The van der Waals surface area contributed by atoms with Gasteiger partial charge in [-0.25, -0.2) is 0 Å². The van der Waals surface area contributed by atoms with E-state index in [4.69, 9.17) is 11.6 Å². The highest BCUT2D eigenvalue weighted by molar-refractivity contribution is 9.10. The van der Waals surface area contributed by atoms with Crippen molar-refractivity contribution in [2.45, 2.75) is 0 Å². The Labute approximate surface area is 141 Å². The number of hydrogen-bond donors (Lipinski definition) is 0. The van der Waals surface area contributed by atoms with Gasteiger partial charge in [0.05, 0.1) is 10.7 Å². The molecule has 4 heteroatoms. The van der Waals surface area contributed by atoms with E-state index < -0.39 is 0 Å². The Bertz CT molecular complexity index is 816. The second-order valence-electron chi connectivity index (χ2n) is 4.75. The molecule has 0 aliphatic heterocycles. The Balaban J connectivity index is 1.93. The molecular formula is C18H11BrClNO. The first kappa shape index (κ1) is 14.9. The molecule has 0 fully saturated rings. The highest BCUT2D eigenvalue weighted by atomic mass is 79.9. The molecule has 0 N–H and O–H groups in total. The van der Waals surface area contributed by atoms with E-state index in [0.717, 1.165) is 15.7 Å². The number of pyridine rings is 1. The van der Waals surface area contributed by atoms with Gasteiger partial charge in [-0.1, -0.05) is 57.9 Å². The molecule has 0 aliphatic carbocycles. The average molecular weight is 373 g/mol. The molecule has 3 aromatic rings. The van der Waals surface area contributed by atoms with E-state index in [1.54, 1.807) is 30.5 Å². The highest BCUT2D eigenvalue weighted by Gasteiger charge is 2.14. The predicted octanol–water partition coefficient (Wildman–Crippen LogP) is 5.40. The summed E-state index contributed by atoms with van der Waals surface area (Å²) in [6.45, 7) is 0. The van der Waals surface area contributed by atoms with Crippen LogP contribution < -0.4 is 0 Å². The normalized spacial score (nSPS) is 10.5. The van der Waals surface area contributed by atoms with Crippen LogP contribution in [-0.4, -0.2) is 10.8 Å². The van der Waals surface area contributed by atoms with Gasteiger partial charge in [0.1, 0.15) is 0 Å². The third-order valence-corrected chi connectivity index (χ3v) is 4.09. The SMILES string of the molecule is O=C(c1ccc(-c2ccccc2)nc1)c1cc(Br)ccc1Cl. The Morgan fingerprint density at radius 2 is 1.77 bits per heavy atom. The van der Waals surface area contributed by atoms with Crippen LogP contribution in [0.2, 0.25) is 5.02 Å². The van der Waals surface area contributed by atoms with Crippen LogP contribution in [0.15, 0.2) is 71.3 Å². The molecule has 3 rings (SSSR count). The van der Waals surface area contributed by atoms with E-state index in [1.165, 1.54) is 0 Å². The van der Waals surface area contributed by atoms with E-state index in [2.05, 4.69) is 20.9 Å². The summed E-state index contributed by atoms with van der Waals surface area (Å²) in [5, 5.41) is 0.431. The van der Waals surface area contributed by atoms with Crippen molar-refractivity contribution in [1.29, 1.82) is 0 Å². The molecule has 0 unspecified atom stereocenters. The van der Waals surface area contributed by atoms with E-state index >= 15 is 0 Å². The van der Waals surface area contributed by atoms with Gasteiger partial charge in [0, 0.05) is 27.4 Å². The number of nitrogens with zero attached hydrogens (tertiary/aromatic N) is 1. The van der Waals surface area contributed by atoms with Gasteiger partial charge in [0.15, 0.2) is 5.78 Å². The molecule has 0 saturated heterocycles. The van der Waals surface area contributed by atoms with Gasteiger partial charge in [-0.05, 0) is 30.3 Å². The third kappa shape index (κ3) is 3.11. The molecule has 0 spiro atoms. The maximum Gasteiger partial charge on any atom is 0.196 e. The largest absolute Gasteiger partial charge is 0.288 e. The van der Waals surface area contributed by atoms with E-state index in [1.807, 2.05) is 36.4 Å². The average Bonchev–Trinajstić information content (AvgIpc) is 2.57. The lowest BCUT2D eigenvalue weighted by Gasteiger charge is -2.06. The topological polar surface area (TPSA) is 30.0 Å². The minimum Gasteiger partial charge on any atom is -0.288 e. The fraction of sp³-hybridized carbons (Fsp3) is 0. The van der Waals surface area contributed by atoms with Crippen molar-refractivity contribution < 1.29 is 4.79 Å². The number of ketones is 1. The van der Waals surface area contributed by atoms with Gasteiger partial charge in [0.25, 0.3) is 0 Å². The van der Waals surface area contributed by atoms with Crippen LogP contribution in [0.1, 0.15) is 15.9 Å². The fourth-order valence-electron chi connectivity index (χ4n) is 2.13. The first-order chi connectivity index (χ1) is 10.6. The summed E-state index contributed by atoms with van der Waals surface area (Å²) in [4.78, 5) is 16.9. The Hall–Kier alpha value is -1.97. The summed E-state index contributed by atoms with van der Waals surface area (Å²) in [7, 11) is 0. The first-order valence-corrected chi connectivity index (χ1v) is 7.83. The van der Waals surface area contributed by atoms with Crippen LogP contribution in [0, 0.1) is 0 Å². The Morgan fingerprint density at radius 1 is 1.00 bits per heavy atom. The molecule has 2 aromatic carbocycles. The summed E-state index contributed by atoms with van der Waals surface area (Å²) in [5.41, 5.74) is 2.82. The van der Waals surface area contributed by atoms with E-state index in [0.29, 0.717) is 16.1 Å². The number of hydrogen-bond acceptors (Lipinski definition) is 2. The van der Waals surface area contributed by atoms with Gasteiger partial charge in [-0.3, -0.25) is 9.78 Å². The summed E-state index contributed by atoms with van der Waals surface area (Å²) in [5.74, 6) is -0.140. The number of benzene rings is 2. The van der Waals surface area contributed by atoms with Crippen LogP contribution in [-0.2, 0) is 0 Å². The number of halogens is 2. The number of aromatic nitrogens is 1. The molecule has 1 aromatic heterocycles. The summed E-state index contributed by atoms with van der Waals surface area (Å²) >= 11 is 9.46. The van der Waals surface area contributed by atoms with Crippen molar-refractivity contribution in [3.8, 4) is 11.3 Å². The van der Waals surface area contributed by atoms with Crippen LogP contribution in [0.25, 0.3) is 11.3 Å². The zero-order valence-corrected chi connectivity index (χ0v) is 13.8. The van der Waals surface area contributed by atoms with Crippen molar-refractivity contribution >= 4 is 33.3 Å². The molecule has 0 amide bonds. The molecule has 0 atom stereocenters. The monoisotopic (exact) mass is 371 g/mol. The van der Waals surface area contributed by atoms with Gasteiger partial charge >= 0.3 is 0 Å². The second kappa shape index (κ2) is 6.42. The smallest absolute Gasteiger partial charge is 0.196 e. The third-order valence-electron chi connectivity index (χ3n) is 3.27. The zero-order valence-electron chi connectivity index (χ0n) is 11.5. The number of carbonyl (C=O) groups is 1. The first-order valence-electron chi connectivity index (χ1n) is 6.66. The van der Waals surface area contributed by atoms with Gasteiger partial charge in [0.2, 0.25) is 0 Å². The van der Waals surface area contributed by atoms with Crippen molar-refractivity contribution in [3.63, 3.8) is 0 Å². The molecule has 0 aliphatic rings. The highest BCUT2D eigenvalue weighted by Crippen LogP contribution is 2.24. The molecular weight excluding hydrogens is 362 g/mol. The van der Waals surface area contributed by atoms with Crippen molar-refractivity contribution in [2.24, 2.45) is 0 Å². The maximum absolute atomic E-state index is 12.5. The summed E-state index contributed by atoms with van der Waals surface area (Å²) in [6.07, 6.45) is 1.59. The van der Waals surface area contributed by atoms with Crippen LogP contribution in [0.5, 0.6) is 0 Å². The number of rotatable bonds is 3. The van der Waals surface area contributed by atoms with Crippen molar-refractivity contribution in [2.75, 3.05) is 0 Å². The summed E-state index contributed by atoms with van der Waals surface area (Å²) < 4.78 is 0.814. The Kier molecular flexibility index (Phi) is 4.36. The minimum atomic E-state index is -0.140. The molecule has 0 bridgehead atoms. The van der Waals surface area contributed by atoms with Crippen molar-refractivity contribution in [3.05, 3.63) is 87.5 Å². The minimum absolute atomic E-state index is 0.140. The van der Waals surface area contributed by atoms with E-state index in [-0.39, 0.29) is 5.78 Å².